The van der Waals surface area contributed by atoms with Gasteiger partial charge in [0.05, 0.1) is 37.0 Å². The largest absolute Gasteiger partial charge is 0.466 e. The summed E-state index contributed by atoms with van der Waals surface area (Å²) < 4.78 is 5.12. The maximum absolute atomic E-state index is 12.7. The van der Waals surface area contributed by atoms with Gasteiger partial charge in [-0.3, -0.25) is 9.59 Å². The number of nitrogens with zero attached hydrogens (tertiary/aromatic N) is 4. The monoisotopic (exact) mass is 464 g/mol. The fraction of sp³-hybridized carbons (Fsp3) is 0.400. The molecule has 1 aliphatic rings. The Balaban J connectivity index is 1.35. The third kappa shape index (κ3) is 5.45. The number of aromatic nitrogens is 3. The summed E-state index contributed by atoms with van der Waals surface area (Å²) in [6, 6.07) is 6.27. The minimum absolute atomic E-state index is 0.0537. The molecule has 33 heavy (non-hydrogen) atoms. The van der Waals surface area contributed by atoms with Crippen molar-refractivity contribution >= 4 is 28.9 Å². The summed E-state index contributed by atoms with van der Waals surface area (Å²) in [6.07, 6.45) is 4.84. The lowest BCUT2D eigenvalue weighted by Gasteiger charge is -2.31. The number of Topliss-reactive ketones (excluding diaryl/α,β-unsaturated/α-hetero) is 1. The number of benzene rings is 1. The van der Waals surface area contributed by atoms with Gasteiger partial charge in [-0.25, -0.2) is 15.0 Å². The van der Waals surface area contributed by atoms with E-state index in [1.807, 2.05) is 12.3 Å². The summed E-state index contributed by atoms with van der Waals surface area (Å²) in [5.41, 5.74) is 4.75. The van der Waals surface area contributed by atoms with E-state index in [9.17, 15) is 9.59 Å². The number of hydrogen-bond donors (Lipinski definition) is 0. The molecule has 4 rings (SSSR count). The van der Waals surface area contributed by atoms with Crippen LogP contribution in [0.25, 0.3) is 11.3 Å². The molecule has 0 spiro atoms. The normalized spacial score (nSPS) is 14.3. The van der Waals surface area contributed by atoms with Crippen LogP contribution in [0.3, 0.4) is 0 Å². The third-order valence-electron chi connectivity index (χ3n) is 6.03. The zero-order valence-electron chi connectivity index (χ0n) is 19.2. The van der Waals surface area contributed by atoms with Gasteiger partial charge in [-0.05, 0) is 50.8 Å². The van der Waals surface area contributed by atoms with Gasteiger partial charge >= 0.3 is 5.97 Å². The Morgan fingerprint density at radius 2 is 1.91 bits per heavy atom. The first-order valence-corrected chi connectivity index (χ1v) is 12.1. The second-order valence-electron chi connectivity index (χ2n) is 8.30. The Bertz CT molecular complexity index is 1130. The molecule has 0 atom stereocenters. The highest BCUT2D eigenvalue weighted by molar-refractivity contribution is 7.10. The molecule has 0 N–H and O–H groups in total. The fourth-order valence-electron chi connectivity index (χ4n) is 3.89. The lowest BCUT2D eigenvalue weighted by Crippen LogP contribution is -2.37. The lowest BCUT2D eigenvalue weighted by atomic mass is 9.97. The molecule has 3 aromatic rings. The molecule has 1 aliphatic heterocycles. The summed E-state index contributed by atoms with van der Waals surface area (Å²) in [7, 11) is 0. The molecular formula is C25H28N4O3S. The summed E-state index contributed by atoms with van der Waals surface area (Å²) in [6.45, 7) is 7.83. The van der Waals surface area contributed by atoms with Crippen molar-refractivity contribution in [3.8, 4) is 11.3 Å². The summed E-state index contributed by atoms with van der Waals surface area (Å²) >= 11 is 1.48. The molecule has 2 aromatic heterocycles. The zero-order chi connectivity index (χ0) is 23.4. The molecule has 1 saturated heterocycles. The van der Waals surface area contributed by atoms with E-state index in [1.54, 1.807) is 6.20 Å². The van der Waals surface area contributed by atoms with Gasteiger partial charge in [-0.1, -0.05) is 12.1 Å². The smallest absolute Gasteiger partial charge is 0.309 e. The highest BCUT2D eigenvalue weighted by Crippen LogP contribution is 2.25. The van der Waals surface area contributed by atoms with Crippen LogP contribution in [0.4, 0.5) is 5.82 Å². The SMILES string of the molecule is CCOC(=O)C1CCN(c2cnc(C(=O)Cc3nc(-c4ccc(C)c(C)c4)cs3)cn2)CC1. The minimum atomic E-state index is -0.118. The molecule has 0 unspecified atom stereocenters. The summed E-state index contributed by atoms with van der Waals surface area (Å²) in [4.78, 5) is 40.2. The Morgan fingerprint density at radius 3 is 2.58 bits per heavy atom. The number of ketones is 1. The topological polar surface area (TPSA) is 85.3 Å². The van der Waals surface area contributed by atoms with E-state index >= 15 is 0 Å². The maximum Gasteiger partial charge on any atom is 0.309 e. The van der Waals surface area contributed by atoms with Crippen molar-refractivity contribution in [1.82, 2.24) is 15.0 Å². The molecule has 172 valence electrons. The number of carbonyl (C=O) groups excluding carboxylic acids is 2. The number of thiazole rings is 1. The average molecular weight is 465 g/mol. The van der Waals surface area contributed by atoms with E-state index in [1.165, 1.54) is 28.7 Å². The highest BCUT2D eigenvalue weighted by atomic mass is 32.1. The molecule has 1 aromatic carbocycles. The summed E-state index contributed by atoms with van der Waals surface area (Å²) in [5.74, 6) is 0.449. The predicted molar refractivity (Wildman–Crippen MR) is 129 cm³/mol. The van der Waals surface area contributed by atoms with Crippen LogP contribution in [0, 0.1) is 19.8 Å². The van der Waals surface area contributed by atoms with Crippen LogP contribution in [0.2, 0.25) is 0 Å². The number of piperidine rings is 1. The van der Waals surface area contributed by atoms with E-state index in [0.29, 0.717) is 25.4 Å². The Hall–Kier alpha value is -3.13. The van der Waals surface area contributed by atoms with E-state index in [4.69, 9.17) is 4.74 Å². The molecule has 0 saturated carbocycles. The van der Waals surface area contributed by atoms with Crippen molar-refractivity contribution in [2.45, 2.75) is 40.0 Å². The number of hydrogen-bond acceptors (Lipinski definition) is 8. The Morgan fingerprint density at radius 1 is 1.12 bits per heavy atom. The Kier molecular flexibility index (Phi) is 7.13. The van der Waals surface area contributed by atoms with Crippen molar-refractivity contribution < 1.29 is 14.3 Å². The first-order valence-electron chi connectivity index (χ1n) is 11.2. The van der Waals surface area contributed by atoms with Crippen LogP contribution < -0.4 is 4.90 Å². The number of carbonyl (C=O) groups is 2. The summed E-state index contributed by atoms with van der Waals surface area (Å²) in [5, 5.41) is 2.75. The Labute approximate surface area is 197 Å². The molecule has 8 heteroatoms. The average Bonchev–Trinajstić information content (AvgIpc) is 3.29. The van der Waals surface area contributed by atoms with Gasteiger partial charge in [0.2, 0.25) is 0 Å². The van der Waals surface area contributed by atoms with E-state index < -0.39 is 0 Å². The molecular weight excluding hydrogens is 436 g/mol. The van der Waals surface area contributed by atoms with E-state index in [0.717, 1.165) is 34.9 Å². The van der Waals surface area contributed by atoms with Crippen LogP contribution in [-0.2, 0) is 16.0 Å². The highest BCUT2D eigenvalue weighted by Gasteiger charge is 2.26. The quantitative estimate of drug-likeness (QED) is 0.378. The lowest BCUT2D eigenvalue weighted by molar-refractivity contribution is -0.148. The first kappa shape index (κ1) is 23.0. The van der Waals surface area contributed by atoms with Crippen LogP contribution in [0.15, 0.2) is 36.0 Å². The van der Waals surface area contributed by atoms with Crippen LogP contribution in [-0.4, -0.2) is 46.4 Å². The number of ether oxygens (including phenoxy) is 1. The van der Waals surface area contributed by atoms with Crippen LogP contribution in [0.1, 0.15) is 46.4 Å². The number of aryl methyl sites for hydroxylation is 2. The first-order chi connectivity index (χ1) is 15.9. The van der Waals surface area contributed by atoms with Crippen molar-refractivity contribution in [2.75, 3.05) is 24.6 Å². The zero-order valence-corrected chi connectivity index (χ0v) is 20.0. The van der Waals surface area contributed by atoms with Gasteiger partial charge in [-0.15, -0.1) is 11.3 Å². The number of rotatable bonds is 7. The van der Waals surface area contributed by atoms with Crippen LogP contribution >= 0.6 is 11.3 Å². The molecule has 0 bridgehead atoms. The second kappa shape index (κ2) is 10.2. The molecule has 3 heterocycles. The standard InChI is InChI=1S/C25H28N4O3S/c1-4-32-25(31)18-7-9-29(10-8-18)23-14-26-20(13-27-23)22(30)12-24-28-21(15-33-24)19-6-5-16(2)17(3)11-19/h5-6,11,13-15,18H,4,7-10,12H2,1-3H3. The molecule has 0 amide bonds. The van der Waals surface area contributed by atoms with Gasteiger partial charge < -0.3 is 9.64 Å². The van der Waals surface area contributed by atoms with Crippen molar-refractivity contribution in [3.63, 3.8) is 0 Å². The van der Waals surface area contributed by atoms with Gasteiger partial charge in [0.1, 0.15) is 16.5 Å². The molecule has 7 nitrogen and oxygen atoms in total. The number of anilines is 1. The maximum atomic E-state index is 12.7. The predicted octanol–water partition coefficient (Wildman–Crippen LogP) is 4.42. The van der Waals surface area contributed by atoms with E-state index in [-0.39, 0.29) is 24.1 Å². The third-order valence-corrected chi connectivity index (χ3v) is 6.88. The fourth-order valence-corrected chi connectivity index (χ4v) is 4.69. The van der Waals surface area contributed by atoms with Crippen molar-refractivity contribution in [3.05, 3.63) is 57.8 Å². The molecule has 1 fully saturated rings. The van der Waals surface area contributed by atoms with Crippen molar-refractivity contribution in [2.24, 2.45) is 5.92 Å². The van der Waals surface area contributed by atoms with Gasteiger partial charge in [-0.2, -0.15) is 0 Å². The van der Waals surface area contributed by atoms with Gasteiger partial charge in [0.15, 0.2) is 5.78 Å². The molecule has 0 aliphatic carbocycles. The molecule has 0 radical (unpaired) electrons. The second-order valence-corrected chi connectivity index (χ2v) is 9.24. The minimum Gasteiger partial charge on any atom is -0.466 e. The van der Waals surface area contributed by atoms with Crippen LogP contribution in [0.5, 0.6) is 0 Å². The number of esters is 1. The van der Waals surface area contributed by atoms with E-state index in [2.05, 4.69) is 51.9 Å². The van der Waals surface area contributed by atoms with Gasteiger partial charge in [0, 0.05) is 24.0 Å². The van der Waals surface area contributed by atoms with Crippen molar-refractivity contribution in [1.29, 1.82) is 0 Å². The van der Waals surface area contributed by atoms with Gasteiger partial charge in [0.25, 0.3) is 0 Å².